The summed E-state index contributed by atoms with van der Waals surface area (Å²) in [5, 5.41) is 14.1. The van der Waals surface area contributed by atoms with E-state index in [-0.39, 0.29) is 11.6 Å². The van der Waals surface area contributed by atoms with Crippen molar-refractivity contribution in [1.29, 1.82) is 0 Å². The number of rotatable bonds is 7. The number of nitrogens with zero attached hydrogens (tertiary/aromatic N) is 2. The first kappa shape index (κ1) is 16.7. The molecule has 0 fully saturated rings. The number of para-hydroxylation sites is 1. The van der Waals surface area contributed by atoms with Crippen molar-refractivity contribution in [1.82, 2.24) is 15.5 Å². The van der Waals surface area contributed by atoms with Crippen molar-refractivity contribution in [3.8, 4) is 0 Å². The van der Waals surface area contributed by atoms with Gasteiger partial charge in [-0.1, -0.05) is 38.1 Å². The van der Waals surface area contributed by atoms with Gasteiger partial charge in [-0.2, -0.15) is 0 Å². The van der Waals surface area contributed by atoms with Crippen molar-refractivity contribution in [3.63, 3.8) is 0 Å². The zero-order valence-electron chi connectivity index (χ0n) is 13.6. The molecular weight excluding hydrogens is 288 g/mol. The van der Waals surface area contributed by atoms with Crippen molar-refractivity contribution >= 4 is 17.4 Å². The van der Waals surface area contributed by atoms with E-state index in [1.807, 2.05) is 0 Å². The topological polar surface area (TPSA) is 66.9 Å². The van der Waals surface area contributed by atoms with E-state index in [0.29, 0.717) is 12.4 Å². The van der Waals surface area contributed by atoms with Crippen LogP contribution in [-0.2, 0) is 12.8 Å². The second-order valence-electron chi connectivity index (χ2n) is 5.09. The molecule has 0 unspecified atom stereocenters. The molecule has 1 aromatic carbocycles. The summed E-state index contributed by atoms with van der Waals surface area (Å²) >= 11 is 0. The molecule has 2 rings (SSSR count). The van der Waals surface area contributed by atoms with Crippen LogP contribution in [0.1, 0.15) is 35.5 Å². The Morgan fingerprint density at radius 1 is 1.13 bits per heavy atom. The van der Waals surface area contributed by atoms with Gasteiger partial charge >= 0.3 is 0 Å². The molecule has 0 bridgehead atoms. The fourth-order valence-electron chi connectivity index (χ4n) is 2.31. The minimum Gasteiger partial charge on any atom is -0.347 e. The average Bonchev–Trinajstić information content (AvgIpc) is 2.60. The molecule has 2 N–H and O–H groups in total. The van der Waals surface area contributed by atoms with E-state index in [9.17, 15) is 4.79 Å². The van der Waals surface area contributed by atoms with E-state index in [1.165, 1.54) is 11.1 Å². The highest BCUT2D eigenvalue weighted by atomic mass is 16.1. The molecule has 2 aromatic rings. The standard InChI is InChI=1S/C18H22N4O/c1-4-12-19-18(23)15-10-11-16(22-21-15)20-17-13(5-2)8-7-9-14(17)6-3/h4,7-11H,1,5-6,12H2,2-3H3,(H,19,23)(H,20,22). The molecular formula is C18H22N4O. The van der Waals surface area contributed by atoms with Gasteiger partial charge < -0.3 is 10.6 Å². The molecule has 0 atom stereocenters. The summed E-state index contributed by atoms with van der Waals surface area (Å²) in [4.78, 5) is 11.8. The van der Waals surface area contributed by atoms with Crippen LogP contribution in [0.2, 0.25) is 0 Å². The van der Waals surface area contributed by atoms with Gasteiger partial charge in [0.25, 0.3) is 5.91 Å². The molecule has 0 spiro atoms. The number of aromatic nitrogens is 2. The third-order valence-corrected chi connectivity index (χ3v) is 3.56. The highest BCUT2D eigenvalue weighted by molar-refractivity contribution is 5.92. The van der Waals surface area contributed by atoms with E-state index in [1.54, 1.807) is 18.2 Å². The van der Waals surface area contributed by atoms with E-state index in [2.05, 4.69) is 59.5 Å². The van der Waals surface area contributed by atoms with Crippen LogP contribution in [0.5, 0.6) is 0 Å². The van der Waals surface area contributed by atoms with Crippen molar-refractivity contribution in [2.45, 2.75) is 26.7 Å². The Bertz CT molecular complexity index is 658. The van der Waals surface area contributed by atoms with Crippen LogP contribution < -0.4 is 10.6 Å². The lowest BCUT2D eigenvalue weighted by molar-refractivity contribution is 0.0952. The smallest absolute Gasteiger partial charge is 0.272 e. The first-order chi connectivity index (χ1) is 11.2. The summed E-state index contributed by atoms with van der Waals surface area (Å²) in [6.45, 7) is 8.21. The van der Waals surface area contributed by atoms with E-state index in [4.69, 9.17) is 0 Å². The zero-order valence-corrected chi connectivity index (χ0v) is 13.6. The maximum atomic E-state index is 11.8. The molecule has 0 aliphatic carbocycles. The van der Waals surface area contributed by atoms with Gasteiger partial charge in [0.05, 0.1) is 0 Å². The van der Waals surface area contributed by atoms with Crippen LogP contribution in [0, 0.1) is 0 Å². The lowest BCUT2D eigenvalue weighted by atomic mass is 10.0. The van der Waals surface area contributed by atoms with Gasteiger partial charge in [-0.15, -0.1) is 16.8 Å². The molecule has 1 amide bonds. The van der Waals surface area contributed by atoms with Gasteiger partial charge in [-0.05, 0) is 36.1 Å². The Kier molecular flexibility index (Phi) is 5.86. The minimum absolute atomic E-state index is 0.257. The van der Waals surface area contributed by atoms with Crippen molar-refractivity contribution < 1.29 is 4.79 Å². The van der Waals surface area contributed by atoms with Gasteiger partial charge in [0.1, 0.15) is 0 Å². The van der Waals surface area contributed by atoms with Crippen molar-refractivity contribution in [2.75, 3.05) is 11.9 Å². The largest absolute Gasteiger partial charge is 0.347 e. The van der Waals surface area contributed by atoms with Crippen LogP contribution in [0.15, 0.2) is 43.0 Å². The normalized spacial score (nSPS) is 10.2. The number of amides is 1. The van der Waals surface area contributed by atoms with Crippen LogP contribution in [0.3, 0.4) is 0 Å². The Morgan fingerprint density at radius 3 is 2.35 bits per heavy atom. The van der Waals surface area contributed by atoms with E-state index < -0.39 is 0 Å². The monoisotopic (exact) mass is 310 g/mol. The zero-order chi connectivity index (χ0) is 16.7. The predicted octanol–water partition coefficient (Wildman–Crippen LogP) is 3.26. The number of carbonyl (C=O) groups excluding carboxylic acids is 1. The molecule has 1 aromatic heterocycles. The summed E-state index contributed by atoms with van der Waals surface area (Å²) in [6.07, 6.45) is 3.49. The van der Waals surface area contributed by atoms with Gasteiger partial charge in [0.15, 0.2) is 11.5 Å². The maximum Gasteiger partial charge on any atom is 0.272 e. The van der Waals surface area contributed by atoms with Crippen LogP contribution in [0.4, 0.5) is 11.5 Å². The average molecular weight is 310 g/mol. The molecule has 0 saturated carbocycles. The first-order valence-electron chi connectivity index (χ1n) is 7.80. The van der Waals surface area contributed by atoms with Gasteiger partial charge in [-0.25, -0.2) is 0 Å². The number of nitrogens with one attached hydrogen (secondary N) is 2. The quantitative estimate of drug-likeness (QED) is 0.770. The van der Waals surface area contributed by atoms with Crippen molar-refractivity contribution in [2.24, 2.45) is 0 Å². The third kappa shape index (κ3) is 4.16. The highest BCUT2D eigenvalue weighted by Crippen LogP contribution is 2.25. The minimum atomic E-state index is -0.257. The summed E-state index contributed by atoms with van der Waals surface area (Å²) in [6, 6.07) is 9.70. The first-order valence-corrected chi connectivity index (χ1v) is 7.80. The number of hydrogen-bond acceptors (Lipinski definition) is 4. The lowest BCUT2D eigenvalue weighted by Gasteiger charge is -2.14. The number of benzene rings is 1. The fourth-order valence-corrected chi connectivity index (χ4v) is 2.31. The van der Waals surface area contributed by atoms with Crippen LogP contribution in [0.25, 0.3) is 0 Å². The van der Waals surface area contributed by atoms with Gasteiger partial charge in [0, 0.05) is 12.2 Å². The molecule has 5 nitrogen and oxygen atoms in total. The Morgan fingerprint density at radius 2 is 1.83 bits per heavy atom. The Balaban J connectivity index is 2.18. The predicted molar refractivity (Wildman–Crippen MR) is 93.0 cm³/mol. The molecule has 23 heavy (non-hydrogen) atoms. The third-order valence-electron chi connectivity index (χ3n) is 3.56. The molecule has 5 heteroatoms. The second kappa shape index (κ2) is 8.08. The number of carbonyl (C=O) groups is 1. The molecule has 120 valence electrons. The second-order valence-corrected chi connectivity index (χ2v) is 5.09. The molecule has 0 radical (unpaired) electrons. The summed E-state index contributed by atoms with van der Waals surface area (Å²) < 4.78 is 0. The molecule has 0 saturated heterocycles. The van der Waals surface area contributed by atoms with Crippen LogP contribution >= 0.6 is 0 Å². The van der Waals surface area contributed by atoms with Crippen LogP contribution in [-0.4, -0.2) is 22.6 Å². The fraction of sp³-hybridized carbons (Fsp3) is 0.278. The number of aryl methyl sites for hydroxylation is 2. The summed E-state index contributed by atoms with van der Waals surface area (Å²) in [7, 11) is 0. The van der Waals surface area contributed by atoms with E-state index >= 15 is 0 Å². The Labute approximate surface area is 136 Å². The summed E-state index contributed by atoms with van der Waals surface area (Å²) in [5.41, 5.74) is 3.84. The van der Waals surface area contributed by atoms with Gasteiger partial charge in [0.2, 0.25) is 0 Å². The highest BCUT2D eigenvalue weighted by Gasteiger charge is 2.10. The molecule has 0 aliphatic rings. The number of anilines is 2. The SMILES string of the molecule is C=CCNC(=O)c1ccc(Nc2c(CC)cccc2CC)nn1. The lowest BCUT2D eigenvalue weighted by Crippen LogP contribution is -2.24. The Hall–Kier alpha value is -2.69. The summed E-state index contributed by atoms with van der Waals surface area (Å²) in [5.74, 6) is 0.369. The van der Waals surface area contributed by atoms with Crippen molar-refractivity contribution in [3.05, 3.63) is 59.8 Å². The van der Waals surface area contributed by atoms with E-state index in [0.717, 1.165) is 18.5 Å². The molecule has 0 aliphatic heterocycles. The van der Waals surface area contributed by atoms with Gasteiger partial charge in [-0.3, -0.25) is 4.79 Å². The molecule has 1 heterocycles. The number of hydrogen-bond donors (Lipinski definition) is 2. The maximum absolute atomic E-state index is 11.8.